The van der Waals surface area contributed by atoms with E-state index in [0.717, 1.165) is 0 Å². The van der Waals surface area contributed by atoms with E-state index in [1.807, 2.05) is 0 Å². The quantitative estimate of drug-likeness (QED) is 0.541. The molecule has 1 aromatic rings. The first kappa shape index (κ1) is 13.9. The second-order valence-corrected chi connectivity index (χ2v) is 4.09. The predicted molar refractivity (Wildman–Crippen MR) is 62.7 cm³/mol. The number of hydrogen-bond acceptors (Lipinski definition) is 5. The van der Waals surface area contributed by atoms with Crippen LogP contribution in [0.25, 0.3) is 0 Å². The van der Waals surface area contributed by atoms with Gasteiger partial charge in [-0.3, -0.25) is 4.79 Å². The smallest absolute Gasteiger partial charge is 0.326 e. The number of amides is 3. The number of nitrogens with zero attached hydrogens (tertiary/aromatic N) is 1. The minimum atomic E-state index is -1.34. The van der Waals surface area contributed by atoms with Crippen molar-refractivity contribution in [2.24, 2.45) is 5.73 Å². The third kappa shape index (κ3) is 4.78. The highest BCUT2D eigenvalue weighted by atomic mass is 32.1. The van der Waals surface area contributed by atoms with E-state index >= 15 is 0 Å². The average molecular weight is 272 g/mol. The van der Waals surface area contributed by atoms with Crippen molar-refractivity contribution in [1.82, 2.24) is 15.6 Å². The first-order chi connectivity index (χ1) is 8.49. The lowest BCUT2D eigenvalue weighted by Crippen LogP contribution is -2.47. The first-order valence-electron chi connectivity index (χ1n) is 4.91. The van der Waals surface area contributed by atoms with Gasteiger partial charge in [-0.15, -0.1) is 11.3 Å². The second kappa shape index (κ2) is 6.55. The number of aliphatic carboxylic acids is 1. The Bertz CT molecular complexity index is 434. The molecule has 0 aliphatic carbocycles. The Labute approximate surface area is 106 Å². The van der Waals surface area contributed by atoms with Crippen LogP contribution in [0, 0.1) is 0 Å². The molecule has 5 N–H and O–H groups in total. The average Bonchev–Trinajstić information content (AvgIpc) is 2.77. The fourth-order valence-electron chi connectivity index (χ4n) is 1.11. The van der Waals surface area contributed by atoms with Crippen molar-refractivity contribution in [2.45, 2.75) is 19.0 Å². The van der Waals surface area contributed by atoms with Crippen LogP contribution in [-0.4, -0.2) is 34.0 Å². The zero-order chi connectivity index (χ0) is 13.5. The van der Waals surface area contributed by atoms with Crippen LogP contribution < -0.4 is 16.4 Å². The number of carbonyl (C=O) groups excluding carboxylic acids is 2. The van der Waals surface area contributed by atoms with Crippen molar-refractivity contribution in [3.05, 3.63) is 16.6 Å². The van der Waals surface area contributed by atoms with E-state index in [-0.39, 0.29) is 6.54 Å². The van der Waals surface area contributed by atoms with Gasteiger partial charge in [0.05, 0.1) is 24.2 Å². The summed E-state index contributed by atoms with van der Waals surface area (Å²) in [5, 5.41) is 15.1. The van der Waals surface area contributed by atoms with Crippen molar-refractivity contribution in [1.29, 1.82) is 0 Å². The summed E-state index contributed by atoms with van der Waals surface area (Å²) in [6.07, 6.45) is -0.459. The van der Waals surface area contributed by atoms with Crippen molar-refractivity contribution >= 4 is 29.2 Å². The van der Waals surface area contributed by atoms with E-state index < -0.39 is 30.4 Å². The summed E-state index contributed by atoms with van der Waals surface area (Å²) in [5.41, 5.74) is 7.15. The summed E-state index contributed by atoms with van der Waals surface area (Å²) in [6, 6.07) is -2.03. The molecule has 1 rings (SSSR count). The van der Waals surface area contributed by atoms with Crippen molar-refractivity contribution in [3.63, 3.8) is 0 Å². The highest BCUT2D eigenvalue weighted by Gasteiger charge is 2.21. The van der Waals surface area contributed by atoms with Crippen molar-refractivity contribution in [3.8, 4) is 0 Å². The van der Waals surface area contributed by atoms with E-state index in [1.54, 1.807) is 10.9 Å². The molecule has 1 heterocycles. The Morgan fingerprint density at radius 3 is 2.72 bits per heavy atom. The summed E-state index contributed by atoms with van der Waals surface area (Å²) < 4.78 is 0. The molecule has 0 fully saturated rings. The number of rotatable bonds is 6. The van der Waals surface area contributed by atoms with E-state index in [4.69, 9.17) is 10.8 Å². The molecule has 18 heavy (non-hydrogen) atoms. The molecule has 8 nitrogen and oxygen atoms in total. The van der Waals surface area contributed by atoms with Crippen LogP contribution in [0.15, 0.2) is 10.9 Å². The van der Waals surface area contributed by atoms with Crippen LogP contribution >= 0.6 is 11.3 Å². The fourth-order valence-corrected chi connectivity index (χ4v) is 1.66. The predicted octanol–water partition coefficient (Wildman–Crippen LogP) is -0.729. The van der Waals surface area contributed by atoms with Gasteiger partial charge in [-0.25, -0.2) is 14.6 Å². The van der Waals surface area contributed by atoms with Gasteiger partial charge < -0.3 is 21.5 Å². The van der Waals surface area contributed by atoms with E-state index in [1.165, 1.54) is 11.3 Å². The molecule has 9 heteroatoms. The summed E-state index contributed by atoms with van der Waals surface area (Å²) >= 11 is 1.38. The summed E-state index contributed by atoms with van der Waals surface area (Å²) in [6.45, 7) is 0.179. The van der Waals surface area contributed by atoms with Gasteiger partial charge in [-0.2, -0.15) is 0 Å². The number of urea groups is 1. The standard InChI is InChI=1S/C9H12N4O4S/c10-7(14)1-6(8(15)16)13-9(17)11-2-5-3-18-4-12-5/h3-4,6H,1-2H2,(H2,10,14)(H,15,16)(H2,11,13,17)/t6-/m0/s1. The molecule has 0 aliphatic heterocycles. The topological polar surface area (TPSA) is 134 Å². The number of nitrogens with one attached hydrogen (secondary N) is 2. The zero-order valence-electron chi connectivity index (χ0n) is 9.25. The van der Waals surface area contributed by atoms with E-state index in [0.29, 0.717) is 5.69 Å². The lowest BCUT2D eigenvalue weighted by atomic mass is 10.2. The third-order valence-corrected chi connectivity index (χ3v) is 2.56. The number of hydrogen-bond donors (Lipinski definition) is 4. The molecule has 0 aromatic carbocycles. The van der Waals surface area contributed by atoms with Gasteiger partial charge in [0.25, 0.3) is 0 Å². The fraction of sp³-hybridized carbons (Fsp3) is 0.333. The molecular formula is C9H12N4O4S. The SMILES string of the molecule is NC(=O)C[C@H](NC(=O)NCc1cscn1)C(=O)O. The Morgan fingerprint density at radius 1 is 1.50 bits per heavy atom. The van der Waals surface area contributed by atoms with Crippen molar-refractivity contribution < 1.29 is 19.5 Å². The number of nitrogens with two attached hydrogens (primary N) is 1. The Morgan fingerprint density at radius 2 is 2.22 bits per heavy atom. The molecule has 1 aromatic heterocycles. The van der Waals surface area contributed by atoms with Gasteiger partial charge in [0.1, 0.15) is 6.04 Å². The van der Waals surface area contributed by atoms with Gasteiger partial charge in [0, 0.05) is 5.38 Å². The zero-order valence-corrected chi connectivity index (χ0v) is 10.1. The number of aromatic nitrogens is 1. The van der Waals surface area contributed by atoms with Crippen LogP contribution in [0.4, 0.5) is 4.79 Å². The molecule has 1 atom stereocenters. The highest BCUT2D eigenvalue weighted by molar-refractivity contribution is 7.07. The monoisotopic (exact) mass is 272 g/mol. The third-order valence-electron chi connectivity index (χ3n) is 1.92. The lowest BCUT2D eigenvalue weighted by molar-refractivity contribution is -0.140. The first-order valence-corrected chi connectivity index (χ1v) is 5.86. The van der Waals surface area contributed by atoms with Crippen molar-refractivity contribution in [2.75, 3.05) is 0 Å². The van der Waals surface area contributed by atoms with Gasteiger partial charge in [-0.05, 0) is 0 Å². The van der Waals surface area contributed by atoms with Crippen LogP contribution in [0.5, 0.6) is 0 Å². The van der Waals surface area contributed by atoms with Crippen LogP contribution in [0.2, 0.25) is 0 Å². The van der Waals surface area contributed by atoms with Crippen LogP contribution in [0.1, 0.15) is 12.1 Å². The molecule has 3 amide bonds. The Balaban J connectivity index is 2.41. The number of carboxylic acid groups (broad SMARTS) is 1. The number of carbonyl (C=O) groups is 3. The van der Waals surface area contributed by atoms with Gasteiger partial charge in [-0.1, -0.05) is 0 Å². The molecule has 0 bridgehead atoms. The van der Waals surface area contributed by atoms with E-state index in [9.17, 15) is 14.4 Å². The number of carboxylic acids is 1. The van der Waals surface area contributed by atoms with Gasteiger partial charge in [0.15, 0.2) is 0 Å². The maximum atomic E-state index is 11.4. The molecular weight excluding hydrogens is 260 g/mol. The van der Waals surface area contributed by atoms with E-state index in [2.05, 4.69) is 15.6 Å². The summed E-state index contributed by atoms with van der Waals surface area (Å²) in [4.78, 5) is 36.7. The normalized spacial score (nSPS) is 11.6. The largest absolute Gasteiger partial charge is 0.480 e. The summed E-state index contributed by atoms with van der Waals surface area (Å²) in [5.74, 6) is -2.13. The van der Waals surface area contributed by atoms with Gasteiger partial charge in [0.2, 0.25) is 5.91 Å². The number of thiazole rings is 1. The minimum absolute atomic E-state index is 0.179. The van der Waals surface area contributed by atoms with Crippen LogP contribution in [0.3, 0.4) is 0 Å². The summed E-state index contributed by atoms with van der Waals surface area (Å²) in [7, 11) is 0. The molecule has 0 spiro atoms. The molecule has 0 saturated carbocycles. The van der Waals surface area contributed by atoms with Crippen LogP contribution in [-0.2, 0) is 16.1 Å². The molecule has 0 aliphatic rings. The molecule has 0 unspecified atom stereocenters. The minimum Gasteiger partial charge on any atom is -0.480 e. The highest BCUT2D eigenvalue weighted by Crippen LogP contribution is 1.99. The molecule has 0 saturated heterocycles. The Kier molecular flexibility index (Phi) is 5.06. The lowest BCUT2D eigenvalue weighted by Gasteiger charge is -2.13. The second-order valence-electron chi connectivity index (χ2n) is 3.37. The maximum absolute atomic E-state index is 11.4. The number of primary amides is 1. The maximum Gasteiger partial charge on any atom is 0.326 e. The molecule has 0 radical (unpaired) electrons. The molecule has 98 valence electrons. The Hall–Kier alpha value is -2.16. The van der Waals surface area contributed by atoms with Gasteiger partial charge >= 0.3 is 12.0 Å².